The molecule has 0 atom stereocenters. The molecule has 0 unspecified atom stereocenters. The van der Waals surface area contributed by atoms with E-state index >= 15 is 0 Å². The minimum atomic E-state index is -0.104. The average molecular weight is 266 g/mol. The fourth-order valence-electron chi connectivity index (χ4n) is 1.42. The largest absolute Gasteiger partial charge is 0.426 e. The van der Waals surface area contributed by atoms with Crippen LogP contribution in [0.25, 0.3) is 0 Å². The van der Waals surface area contributed by atoms with E-state index in [2.05, 4.69) is 15.5 Å². The Morgan fingerprint density at radius 1 is 1.33 bits per heavy atom. The van der Waals surface area contributed by atoms with Gasteiger partial charge in [0.05, 0.1) is 0 Å². The Morgan fingerprint density at radius 2 is 2.06 bits per heavy atom. The lowest BCUT2D eigenvalue weighted by molar-refractivity contribution is -0.116. The van der Waals surface area contributed by atoms with E-state index in [1.165, 1.54) is 0 Å². The molecule has 0 bridgehead atoms. The molecule has 0 aliphatic carbocycles. The quantitative estimate of drug-likeness (QED) is 0.923. The normalized spacial score (nSPS) is 10.3. The number of hydrogen-bond donors (Lipinski definition) is 1. The monoisotopic (exact) mass is 265 g/mol. The van der Waals surface area contributed by atoms with Crippen LogP contribution < -0.4 is 5.32 Å². The van der Waals surface area contributed by atoms with Crippen LogP contribution in [0.15, 0.2) is 28.7 Å². The van der Waals surface area contributed by atoms with Crippen LogP contribution >= 0.6 is 11.6 Å². The zero-order valence-corrected chi connectivity index (χ0v) is 10.6. The molecule has 94 valence electrons. The molecule has 0 fully saturated rings. The number of aromatic nitrogens is 2. The van der Waals surface area contributed by atoms with Crippen molar-refractivity contribution < 1.29 is 9.21 Å². The van der Waals surface area contributed by atoms with Gasteiger partial charge in [-0.25, -0.2) is 0 Å². The lowest BCUT2D eigenvalue weighted by atomic mass is 10.2. The summed E-state index contributed by atoms with van der Waals surface area (Å²) in [6.07, 6.45) is 0.727. The standard InChI is InChI=1S/C12H12ClN3O2/c1-8-15-16-12(18-8)7-6-11(17)14-10-4-2-9(13)3-5-10/h2-5H,6-7H2,1H3,(H,14,17). The Bertz CT molecular complexity index is 537. The SMILES string of the molecule is Cc1nnc(CCC(=O)Nc2ccc(Cl)cc2)o1. The van der Waals surface area contributed by atoms with Crippen molar-refractivity contribution in [2.75, 3.05) is 5.32 Å². The molecular formula is C12H12ClN3O2. The van der Waals surface area contributed by atoms with Crippen LogP contribution in [0.4, 0.5) is 5.69 Å². The Balaban J connectivity index is 1.83. The maximum absolute atomic E-state index is 11.6. The number of carbonyl (C=O) groups excluding carboxylic acids is 1. The third-order valence-corrected chi connectivity index (χ3v) is 2.51. The molecule has 6 heteroatoms. The van der Waals surface area contributed by atoms with Crippen LogP contribution in [-0.2, 0) is 11.2 Å². The molecule has 1 aromatic heterocycles. The van der Waals surface area contributed by atoms with E-state index in [9.17, 15) is 4.79 Å². The van der Waals surface area contributed by atoms with Crippen molar-refractivity contribution in [2.45, 2.75) is 19.8 Å². The molecule has 0 aliphatic rings. The fraction of sp³-hybridized carbons (Fsp3) is 0.250. The van der Waals surface area contributed by atoms with Crippen molar-refractivity contribution in [1.29, 1.82) is 0 Å². The molecule has 18 heavy (non-hydrogen) atoms. The van der Waals surface area contributed by atoms with Gasteiger partial charge in [0.2, 0.25) is 17.7 Å². The molecule has 1 N–H and O–H groups in total. The number of rotatable bonds is 4. The molecule has 0 saturated carbocycles. The number of nitrogens with zero attached hydrogens (tertiary/aromatic N) is 2. The van der Waals surface area contributed by atoms with Crippen LogP contribution in [0.5, 0.6) is 0 Å². The molecule has 5 nitrogen and oxygen atoms in total. The molecule has 1 heterocycles. The molecule has 2 rings (SSSR count). The van der Waals surface area contributed by atoms with Gasteiger partial charge in [0.1, 0.15) is 0 Å². The van der Waals surface area contributed by atoms with E-state index in [1.54, 1.807) is 31.2 Å². The molecule has 0 aliphatic heterocycles. The van der Waals surface area contributed by atoms with Crippen LogP contribution in [0.2, 0.25) is 5.02 Å². The predicted molar refractivity (Wildman–Crippen MR) is 67.4 cm³/mol. The molecule has 1 amide bonds. The van der Waals surface area contributed by atoms with Gasteiger partial charge in [0.25, 0.3) is 0 Å². The highest BCUT2D eigenvalue weighted by atomic mass is 35.5. The van der Waals surface area contributed by atoms with Crippen LogP contribution in [0.3, 0.4) is 0 Å². The summed E-state index contributed by atoms with van der Waals surface area (Å²) in [5.74, 6) is 0.870. The van der Waals surface area contributed by atoms with Crippen LogP contribution in [-0.4, -0.2) is 16.1 Å². The number of carbonyl (C=O) groups is 1. The fourth-order valence-corrected chi connectivity index (χ4v) is 1.54. The van der Waals surface area contributed by atoms with Crippen molar-refractivity contribution >= 4 is 23.2 Å². The van der Waals surface area contributed by atoms with Crippen LogP contribution in [0.1, 0.15) is 18.2 Å². The summed E-state index contributed by atoms with van der Waals surface area (Å²) >= 11 is 5.75. The van der Waals surface area contributed by atoms with Crippen molar-refractivity contribution in [3.8, 4) is 0 Å². The smallest absolute Gasteiger partial charge is 0.224 e. The zero-order chi connectivity index (χ0) is 13.0. The lowest BCUT2D eigenvalue weighted by Crippen LogP contribution is -2.12. The summed E-state index contributed by atoms with van der Waals surface area (Å²) in [5.41, 5.74) is 0.714. The predicted octanol–water partition coefficient (Wildman–Crippen LogP) is 2.60. The highest BCUT2D eigenvalue weighted by Crippen LogP contribution is 2.13. The highest BCUT2D eigenvalue weighted by Gasteiger charge is 2.07. The minimum Gasteiger partial charge on any atom is -0.426 e. The van der Waals surface area contributed by atoms with E-state index in [-0.39, 0.29) is 5.91 Å². The second-order valence-electron chi connectivity index (χ2n) is 3.77. The second-order valence-corrected chi connectivity index (χ2v) is 4.21. The summed E-state index contributed by atoms with van der Waals surface area (Å²) in [6, 6.07) is 6.94. The average Bonchev–Trinajstić information content (AvgIpc) is 2.76. The van der Waals surface area contributed by atoms with Gasteiger partial charge in [-0.3, -0.25) is 4.79 Å². The van der Waals surface area contributed by atoms with Gasteiger partial charge in [0.15, 0.2) is 0 Å². The molecule has 1 aromatic carbocycles. The van der Waals surface area contributed by atoms with Gasteiger partial charge >= 0.3 is 0 Å². The number of anilines is 1. The first-order chi connectivity index (χ1) is 8.63. The van der Waals surface area contributed by atoms with Crippen molar-refractivity contribution in [3.63, 3.8) is 0 Å². The third kappa shape index (κ3) is 3.56. The summed E-state index contributed by atoms with van der Waals surface area (Å²) in [6.45, 7) is 1.71. The Hall–Kier alpha value is -1.88. The van der Waals surface area contributed by atoms with E-state index in [4.69, 9.17) is 16.0 Å². The maximum Gasteiger partial charge on any atom is 0.224 e. The molecule has 0 spiro atoms. The Kier molecular flexibility index (Phi) is 3.94. The van der Waals surface area contributed by atoms with E-state index < -0.39 is 0 Å². The van der Waals surface area contributed by atoms with E-state index in [0.29, 0.717) is 35.3 Å². The lowest BCUT2D eigenvalue weighted by Gasteiger charge is -2.03. The number of halogens is 1. The molecule has 0 saturated heterocycles. The number of amides is 1. The molecule has 0 radical (unpaired) electrons. The topological polar surface area (TPSA) is 68.0 Å². The maximum atomic E-state index is 11.6. The first-order valence-electron chi connectivity index (χ1n) is 5.48. The Labute approximate surface area is 109 Å². The van der Waals surface area contributed by atoms with Gasteiger partial charge in [-0.15, -0.1) is 10.2 Å². The highest BCUT2D eigenvalue weighted by molar-refractivity contribution is 6.30. The summed E-state index contributed by atoms with van der Waals surface area (Å²) in [5, 5.41) is 10.9. The first kappa shape index (κ1) is 12.6. The molecular weight excluding hydrogens is 254 g/mol. The number of nitrogens with one attached hydrogen (secondary N) is 1. The van der Waals surface area contributed by atoms with Gasteiger partial charge in [-0.2, -0.15) is 0 Å². The van der Waals surface area contributed by atoms with Gasteiger partial charge in [0, 0.05) is 30.5 Å². The van der Waals surface area contributed by atoms with Crippen molar-refractivity contribution in [1.82, 2.24) is 10.2 Å². The zero-order valence-electron chi connectivity index (χ0n) is 9.81. The third-order valence-electron chi connectivity index (χ3n) is 2.26. The van der Waals surface area contributed by atoms with E-state index in [0.717, 1.165) is 0 Å². The minimum absolute atomic E-state index is 0.104. The first-order valence-corrected chi connectivity index (χ1v) is 5.86. The van der Waals surface area contributed by atoms with Gasteiger partial charge in [-0.1, -0.05) is 11.6 Å². The Morgan fingerprint density at radius 3 is 2.67 bits per heavy atom. The van der Waals surface area contributed by atoms with E-state index in [1.807, 2.05) is 0 Å². The van der Waals surface area contributed by atoms with Gasteiger partial charge < -0.3 is 9.73 Å². The molecule has 2 aromatic rings. The van der Waals surface area contributed by atoms with Crippen molar-refractivity contribution in [3.05, 3.63) is 41.1 Å². The summed E-state index contributed by atoms with van der Waals surface area (Å²) in [7, 11) is 0. The summed E-state index contributed by atoms with van der Waals surface area (Å²) < 4.78 is 5.18. The number of hydrogen-bond acceptors (Lipinski definition) is 4. The van der Waals surface area contributed by atoms with Gasteiger partial charge in [-0.05, 0) is 24.3 Å². The summed E-state index contributed by atoms with van der Waals surface area (Å²) in [4.78, 5) is 11.6. The second kappa shape index (κ2) is 5.64. The van der Waals surface area contributed by atoms with Crippen LogP contribution in [0, 0.1) is 6.92 Å². The number of aryl methyl sites for hydroxylation is 2. The van der Waals surface area contributed by atoms with Crippen molar-refractivity contribution in [2.24, 2.45) is 0 Å². The number of benzene rings is 1.